The standard InChI is InChI=1S/C11H19NO4S/c1-5-17(14,15)12-8-6-7-9(12)10(13)16-11(2,3)4/h5,9H,1,6-8H2,2-4H3/t9-/m0/s1. The molecule has 0 unspecified atom stereocenters. The van der Waals surface area contributed by atoms with Crippen molar-refractivity contribution in [3.8, 4) is 0 Å². The molecule has 6 heteroatoms. The maximum atomic E-state index is 11.9. The largest absolute Gasteiger partial charge is 0.459 e. The van der Waals surface area contributed by atoms with Crippen LogP contribution in [0.3, 0.4) is 0 Å². The lowest BCUT2D eigenvalue weighted by Gasteiger charge is -2.26. The van der Waals surface area contributed by atoms with E-state index >= 15 is 0 Å². The van der Waals surface area contributed by atoms with E-state index in [1.54, 1.807) is 20.8 Å². The molecular formula is C11H19NO4S. The Morgan fingerprint density at radius 1 is 1.47 bits per heavy atom. The maximum absolute atomic E-state index is 11.9. The molecule has 1 heterocycles. The van der Waals surface area contributed by atoms with Crippen molar-refractivity contribution < 1.29 is 17.9 Å². The third-order valence-electron chi connectivity index (χ3n) is 2.42. The minimum absolute atomic E-state index is 0.345. The van der Waals surface area contributed by atoms with Gasteiger partial charge in [-0.15, -0.1) is 0 Å². The Hall–Kier alpha value is -0.880. The molecule has 0 amide bonds. The Morgan fingerprint density at radius 2 is 2.06 bits per heavy atom. The zero-order valence-corrected chi connectivity index (χ0v) is 11.3. The van der Waals surface area contributed by atoms with Crippen molar-refractivity contribution in [2.24, 2.45) is 0 Å². The summed E-state index contributed by atoms with van der Waals surface area (Å²) in [5.74, 6) is -0.486. The van der Waals surface area contributed by atoms with Crippen LogP contribution in [0, 0.1) is 0 Å². The number of carbonyl (C=O) groups is 1. The van der Waals surface area contributed by atoms with E-state index in [0.717, 1.165) is 9.71 Å². The lowest BCUT2D eigenvalue weighted by atomic mass is 10.2. The Bertz CT molecular complexity index is 408. The van der Waals surface area contributed by atoms with Crippen molar-refractivity contribution >= 4 is 16.0 Å². The Balaban J connectivity index is 2.84. The molecule has 0 aromatic heterocycles. The number of sulfonamides is 1. The second kappa shape index (κ2) is 4.78. The predicted octanol–water partition coefficient (Wildman–Crippen LogP) is 1.27. The molecule has 1 rings (SSSR count). The van der Waals surface area contributed by atoms with Crippen LogP contribution < -0.4 is 0 Å². The zero-order valence-electron chi connectivity index (χ0n) is 10.5. The van der Waals surface area contributed by atoms with Gasteiger partial charge in [-0.3, -0.25) is 4.79 Å². The van der Waals surface area contributed by atoms with Crippen LogP contribution in [0.1, 0.15) is 33.6 Å². The van der Waals surface area contributed by atoms with E-state index in [0.29, 0.717) is 19.4 Å². The van der Waals surface area contributed by atoms with Gasteiger partial charge in [0, 0.05) is 12.0 Å². The van der Waals surface area contributed by atoms with E-state index in [-0.39, 0.29) is 0 Å². The summed E-state index contributed by atoms with van der Waals surface area (Å²) < 4.78 is 29.7. The summed E-state index contributed by atoms with van der Waals surface area (Å²) >= 11 is 0. The maximum Gasteiger partial charge on any atom is 0.324 e. The van der Waals surface area contributed by atoms with Gasteiger partial charge in [0.1, 0.15) is 11.6 Å². The van der Waals surface area contributed by atoms with Crippen molar-refractivity contribution in [2.75, 3.05) is 6.54 Å². The summed E-state index contributed by atoms with van der Waals surface area (Å²) in [4.78, 5) is 11.9. The fourth-order valence-corrected chi connectivity index (χ4v) is 2.87. The summed E-state index contributed by atoms with van der Waals surface area (Å²) in [6.07, 6.45) is 1.17. The van der Waals surface area contributed by atoms with Gasteiger partial charge in [0.15, 0.2) is 0 Å². The van der Waals surface area contributed by atoms with Crippen LogP contribution in [0.15, 0.2) is 12.0 Å². The first-order valence-electron chi connectivity index (χ1n) is 5.54. The lowest BCUT2D eigenvalue weighted by molar-refractivity contribution is -0.158. The molecule has 17 heavy (non-hydrogen) atoms. The molecule has 1 atom stereocenters. The lowest BCUT2D eigenvalue weighted by Crippen LogP contribution is -2.42. The highest BCUT2D eigenvalue weighted by Gasteiger charge is 2.39. The first-order valence-corrected chi connectivity index (χ1v) is 7.05. The van der Waals surface area contributed by atoms with Crippen molar-refractivity contribution in [2.45, 2.75) is 45.3 Å². The van der Waals surface area contributed by atoms with Crippen LogP contribution in [0.4, 0.5) is 0 Å². The first-order chi connectivity index (χ1) is 7.67. The zero-order chi connectivity index (χ0) is 13.3. The fraction of sp³-hybridized carbons (Fsp3) is 0.727. The topological polar surface area (TPSA) is 63.7 Å². The second-order valence-corrected chi connectivity index (χ2v) is 6.85. The van der Waals surface area contributed by atoms with E-state index in [2.05, 4.69) is 6.58 Å². The molecule has 1 aliphatic heterocycles. The normalized spacial score (nSPS) is 22.4. The van der Waals surface area contributed by atoms with Gasteiger partial charge in [0.2, 0.25) is 10.0 Å². The third-order valence-corrected chi connectivity index (χ3v) is 3.93. The molecule has 1 saturated heterocycles. The number of rotatable bonds is 3. The van der Waals surface area contributed by atoms with Crippen LogP contribution in [0.5, 0.6) is 0 Å². The number of nitrogens with zero attached hydrogens (tertiary/aromatic N) is 1. The molecule has 1 fully saturated rings. The molecule has 0 radical (unpaired) electrons. The van der Waals surface area contributed by atoms with Gasteiger partial charge in [-0.25, -0.2) is 8.42 Å². The molecule has 5 nitrogen and oxygen atoms in total. The van der Waals surface area contributed by atoms with Crippen molar-refractivity contribution in [3.63, 3.8) is 0 Å². The van der Waals surface area contributed by atoms with Gasteiger partial charge < -0.3 is 4.74 Å². The van der Waals surface area contributed by atoms with E-state index in [1.807, 2.05) is 0 Å². The van der Waals surface area contributed by atoms with Gasteiger partial charge in [-0.1, -0.05) is 6.58 Å². The highest BCUT2D eigenvalue weighted by Crippen LogP contribution is 2.24. The smallest absolute Gasteiger partial charge is 0.324 e. The van der Waals surface area contributed by atoms with Crippen molar-refractivity contribution in [3.05, 3.63) is 12.0 Å². The van der Waals surface area contributed by atoms with Gasteiger partial charge in [0.05, 0.1) is 0 Å². The van der Waals surface area contributed by atoms with Gasteiger partial charge >= 0.3 is 5.97 Å². The third kappa shape index (κ3) is 3.54. The quantitative estimate of drug-likeness (QED) is 0.718. The minimum atomic E-state index is -3.55. The van der Waals surface area contributed by atoms with E-state index in [9.17, 15) is 13.2 Å². The van der Waals surface area contributed by atoms with Gasteiger partial charge in [0.25, 0.3) is 0 Å². The summed E-state index contributed by atoms with van der Waals surface area (Å²) in [7, 11) is -3.55. The first kappa shape index (κ1) is 14.2. The number of hydrogen-bond donors (Lipinski definition) is 0. The molecule has 98 valence electrons. The van der Waals surface area contributed by atoms with E-state index < -0.39 is 27.6 Å². The number of esters is 1. The molecule has 0 spiro atoms. The van der Waals surface area contributed by atoms with E-state index in [4.69, 9.17) is 4.74 Å². The van der Waals surface area contributed by atoms with E-state index in [1.165, 1.54) is 0 Å². The predicted molar refractivity (Wildman–Crippen MR) is 64.7 cm³/mol. The van der Waals surface area contributed by atoms with Crippen molar-refractivity contribution in [1.29, 1.82) is 0 Å². The molecular weight excluding hydrogens is 242 g/mol. The monoisotopic (exact) mass is 261 g/mol. The average molecular weight is 261 g/mol. The summed E-state index contributed by atoms with van der Waals surface area (Å²) in [6, 6.07) is -0.711. The molecule has 0 N–H and O–H groups in total. The molecule has 0 aromatic carbocycles. The van der Waals surface area contributed by atoms with Crippen LogP contribution in [-0.2, 0) is 19.6 Å². The average Bonchev–Trinajstić information content (AvgIpc) is 2.63. The SMILES string of the molecule is C=CS(=O)(=O)N1CCC[C@H]1C(=O)OC(C)(C)C. The Kier molecular flexibility index (Phi) is 3.99. The van der Waals surface area contributed by atoms with Crippen molar-refractivity contribution in [1.82, 2.24) is 4.31 Å². The summed E-state index contributed by atoms with van der Waals surface area (Å²) in [6.45, 7) is 8.88. The van der Waals surface area contributed by atoms with Gasteiger partial charge in [-0.05, 0) is 33.6 Å². The Labute approximate surface area is 102 Å². The molecule has 0 aromatic rings. The van der Waals surface area contributed by atoms with Crippen LogP contribution >= 0.6 is 0 Å². The van der Waals surface area contributed by atoms with Crippen LogP contribution in [-0.4, -0.2) is 36.9 Å². The summed E-state index contributed by atoms with van der Waals surface area (Å²) in [5, 5.41) is 0.871. The molecule has 0 aliphatic carbocycles. The molecule has 0 saturated carbocycles. The number of carbonyl (C=O) groups excluding carboxylic acids is 1. The second-order valence-electron chi connectivity index (χ2n) is 5.01. The molecule has 1 aliphatic rings. The van der Waals surface area contributed by atoms with Crippen LogP contribution in [0.25, 0.3) is 0 Å². The number of hydrogen-bond acceptors (Lipinski definition) is 4. The minimum Gasteiger partial charge on any atom is -0.459 e. The summed E-state index contributed by atoms with van der Waals surface area (Å²) in [5.41, 5.74) is -0.608. The molecule has 0 bridgehead atoms. The van der Waals surface area contributed by atoms with Gasteiger partial charge in [-0.2, -0.15) is 4.31 Å². The Morgan fingerprint density at radius 3 is 2.53 bits per heavy atom. The number of ether oxygens (including phenoxy) is 1. The van der Waals surface area contributed by atoms with Crippen LogP contribution in [0.2, 0.25) is 0 Å². The highest BCUT2D eigenvalue weighted by molar-refractivity contribution is 7.92. The highest BCUT2D eigenvalue weighted by atomic mass is 32.2. The fourth-order valence-electron chi connectivity index (χ4n) is 1.75.